The highest BCUT2D eigenvalue weighted by Crippen LogP contribution is 2.20. The molecule has 0 saturated carbocycles. The van der Waals surface area contributed by atoms with E-state index < -0.39 is 0 Å². The number of likely N-dealkylation sites (N-methyl/N-ethyl adjacent to an activating group) is 1. The molecule has 0 aliphatic carbocycles. The van der Waals surface area contributed by atoms with E-state index >= 15 is 0 Å². The Morgan fingerprint density at radius 1 is 1.41 bits per heavy atom. The minimum atomic E-state index is 0. The zero-order valence-electron chi connectivity index (χ0n) is 13.2. The summed E-state index contributed by atoms with van der Waals surface area (Å²) in [7, 11) is 2.03. The van der Waals surface area contributed by atoms with Gasteiger partial charge < -0.3 is 10.6 Å². The molecule has 22 heavy (non-hydrogen) atoms. The van der Waals surface area contributed by atoms with E-state index in [0.717, 1.165) is 37.2 Å². The molecule has 6 heteroatoms. The molecule has 0 aromatic heterocycles. The maximum Gasteiger partial charge on any atom is 0.238 e. The number of halogens is 2. The third-order valence-electron chi connectivity index (χ3n) is 4.02. The molecule has 1 aliphatic rings. The Morgan fingerprint density at radius 2 is 2.18 bits per heavy atom. The lowest BCUT2D eigenvalue weighted by atomic mass is 10.1. The molecule has 124 valence electrons. The van der Waals surface area contributed by atoms with Gasteiger partial charge in [0, 0.05) is 16.8 Å². The van der Waals surface area contributed by atoms with Crippen LogP contribution in [0.2, 0.25) is 5.02 Å². The number of benzene rings is 1. The second-order valence-electron chi connectivity index (χ2n) is 5.76. The van der Waals surface area contributed by atoms with E-state index in [1.54, 1.807) is 6.07 Å². The lowest BCUT2D eigenvalue weighted by Crippen LogP contribution is -2.38. The molecule has 1 atom stereocenters. The van der Waals surface area contributed by atoms with Gasteiger partial charge in [0.2, 0.25) is 5.91 Å². The summed E-state index contributed by atoms with van der Waals surface area (Å²) >= 11 is 6.07. The van der Waals surface area contributed by atoms with Gasteiger partial charge in [0.05, 0.1) is 6.54 Å². The van der Waals surface area contributed by atoms with Crippen LogP contribution in [0.5, 0.6) is 0 Å². The molecular weight excluding hydrogens is 321 g/mol. The Hall–Kier alpha value is -0.810. The highest BCUT2D eigenvalue weighted by atomic mass is 35.5. The van der Waals surface area contributed by atoms with E-state index in [4.69, 9.17) is 11.6 Å². The minimum absolute atomic E-state index is 0. The van der Waals surface area contributed by atoms with Gasteiger partial charge in [0.15, 0.2) is 0 Å². The first-order valence-electron chi connectivity index (χ1n) is 7.53. The molecule has 1 unspecified atom stereocenters. The molecule has 1 fully saturated rings. The average Bonchev–Trinajstić information content (AvgIpc) is 2.72. The summed E-state index contributed by atoms with van der Waals surface area (Å²) in [4.78, 5) is 14.3. The van der Waals surface area contributed by atoms with E-state index in [-0.39, 0.29) is 18.3 Å². The Labute approximate surface area is 144 Å². The van der Waals surface area contributed by atoms with Crippen molar-refractivity contribution in [3.63, 3.8) is 0 Å². The fraction of sp³-hybridized carbons (Fsp3) is 0.562. The zero-order chi connectivity index (χ0) is 15.2. The molecule has 1 heterocycles. The van der Waals surface area contributed by atoms with Crippen LogP contribution in [0.1, 0.15) is 24.8 Å². The first kappa shape index (κ1) is 19.2. The Morgan fingerprint density at radius 3 is 2.91 bits per heavy atom. The van der Waals surface area contributed by atoms with Crippen LogP contribution >= 0.6 is 24.0 Å². The average molecular weight is 346 g/mol. The van der Waals surface area contributed by atoms with Gasteiger partial charge in [-0.25, -0.2) is 0 Å². The molecule has 2 N–H and O–H groups in total. The fourth-order valence-corrected chi connectivity index (χ4v) is 2.85. The predicted octanol–water partition coefficient (Wildman–Crippen LogP) is 3.08. The molecule has 4 nitrogen and oxygen atoms in total. The van der Waals surface area contributed by atoms with Crippen molar-refractivity contribution < 1.29 is 4.79 Å². The molecule has 0 radical (unpaired) electrons. The molecule has 0 spiro atoms. The summed E-state index contributed by atoms with van der Waals surface area (Å²) in [6.45, 7) is 4.47. The predicted molar refractivity (Wildman–Crippen MR) is 95.2 cm³/mol. The molecule has 1 saturated heterocycles. The zero-order valence-corrected chi connectivity index (χ0v) is 14.8. The van der Waals surface area contributed by atoms with E-state index in [1.165, 1.54) is 6.42 Å². The van der Waals surface area contributed by atoms with Gasteiger partial charge in [0.25, 0.3) is 0 Å². The van der Waals surface area contributed by atoms with Crippen molar-refractivity contribution in [3.05, 3.63) is 28.8 Å². The smallest absolute Gasteiger partial charge is 0.238 e. The third kappa shape index (κ3) is 5.76. The first-order valence-corrected chi connectivity index (χ1v) is 7.91. The molecular formula is C16H25Cl2N3O. The van der Waals surface area contributed by atoms with Gasteiger partial charge in [-0.05, 0) is 64.0 Å². The summed E-state index contributed by atoms with van der Waals surface area (Å²) < 4.78 is 0. The molecule has 2 rings (SSSR count). The normalized spacial score (nSPS) is 18.5. The molecule has 1 aromatic carbocycles. The number of carbonyl (C=O) groups is 1. The van der Waals surface area contributed by atoms with Crippen LogP contribution in [0.25, 0.3) is 0 Å². The summed E-state index contributed by atoms with van der Waals surface area (Å²) in [5.41, 5.74) is 1.77. The lowest BCUT2D eigenvalue weighted by Gasteiger charge is -2.26. The highest BCUT2D eigenvalue weighted by molar-refractivity contribution is 6.31. The van der Waals surface area contributed by atoms with Crippen molar-refractivity contribution in [1.82, 2.24) is 10.2 Å². The topological polar surface area (TPSA) is 44.4 Å². The van der Waals surface area contributed by atoms with E-state index in [1.807, 2.05) is 26.1 Å². The number of aryl methyl sites for hydroxylation is 1. The maximum atomic E-state index is 12.1. The van der Waals surface area contributed by atoms with Crippen molar-refractivity contribution in [2.75, 3.05) is 32.0 Å². The largest absolute Gasteiger partial charge is 0.325 e. The first-order chi connectivity index (χ1) is 10.1. The lowest BCUT2D eigenvalue weighted by molar-refractivity contribution is -0.117. The fourth-order valence-electron chi connectivity index (χ4n) is 2.67. The Kier molecular flexibility index (Phi) is 8.18. The van der Waals surface area contributed by atoms with Crippen LogP contribution in [0.4, 0.5) is 5.69 Å². The van der Waals surface area contributed by atoms with E-state index in [9.17, 15) is 4.79 Å². The minimum Gasteiger partial charge on any atom is -0.325 e. The van der Waals surface area contributed by atoms with Crippen molar-refractivity contribution in [1.29, 1.82) is 0 Å². The number of nitrogens with one attached hydrogen (secondary N) is 2. The van der Waals surface area contributed by atoms with E-state index in [2.05, 4.69) is 15.5 Å². The van der Waals surface area contributed by atoms with Crippen LogP contribution in [0, 0.1) is 6.92 Å². The van der Waals surface area contributed by atoms with Gasteiger partial charge in [-0.1, -0.05) is 17.7 Å². The standard InChI is InChI=1S/C16H24ClN3O.ClH/c1-12-5-6-13(10-15(12)17)19-16(21)11-20(2)14-4-3-8-18-9-7-14;/h5-6,10,14,18H,3-4,7-9,11H2,1-2H3,(H,19,21);1H. The highest BCUT2D eigenvalue weighted by Gasteiger charge is 2.18. The Bertz CT molecular complexity index is 488. The van der Waals surface area contributed by atoms with Gasteiger partial charge in [-0.2, -0.15) is 0 Å². The number of amides is 1. The Balaban J connectivity index is 0.00000242. The maximum absolute atomic E-state index is 12.1. The number of rotatable bonds is 4. The second-order valence-corrected chi connectivity index (χ2v) is 6.17. The van der Waals surface area contributed by atoms with Crippen molar-refractivity contribution >= 4 is 35.6 Å². The van der Waals surface area contributed by atoms with Crippen LogP contribution in [0.15, 0.2) is 18.2 Å². The molecule has 1 amide bonds. The van der Waals surface area contributed by atoms with Crippen molar-refractivity contribution in [3.8, 4) is 0 Å². The number of hydrogen-bond donors (Lipinski definition) is 2. The van der Waals surface area contributed by atoms with Gasteiger partial charge in [-0.3, -0.25) is 9.69 Å². The quantitative estimate of drug-likeness (QED) is 0.881. The molecule has 1 aliphatic heterocycles. The van der Waals surface area contributed by atoms with Crippen LogP contribution in [-0.2, 0) is 4.79 Å². The summed E-state index contributed by atoms with van der Waals surface area (Å²) in [6.07, 6.45) is 3.41. The summed E-state index contributed by atoms with van der Waals surface area (Å²) in [5.74, 6) is 0.00891. The SMILES string of the molecule is Cc1ccc(NC(=O)CN(C)C2CCCNCC2)cc1Cl.Cl. The summed E-state index contributed by atoms with van der Waals surface area (Å²) in [5, 5.41) is 6.99. The van der Waals surface area contributed by atoms with Gasteiger partial charge >= 0.3 is 0 Å². The monoisotopic (exact) mass is 345 g/mol. The van der Waals surface area contributed by atoms with Crippen molar-refractivity contribution in [2.24, 2.45) is 0 Å². The molecule has 0 bridgehead atoms. The number of anilines is 1. The van der Waals surface area contributed by atoms with Crippen LogP contribution in [-0.4, -0.2) is 43.5 Å². The van der Waals surface area contributed by atoms with E-state index in [0.29, 0.717) is 17.6 Å². The number of hydrogen-bond acceptors (Lipinski definition) is 3. The molecule has 1 aromatic rings. The van der Waals surface area contributed by atoms with Crippen LogP contribution < -0.4 is 10.6 Å². The van der Waals surface area contributed by atoms with Gasteiger partial charge in [0.1, 0.15) is 0 Å². The summed E-state index contributed by atoms with van der Waals surface area (Å²) in [6, 6.07) is 6.07. The number of carbonyl (C=O) groups excluding carboxylic acids is 1. The van der Waals surface area contributed by atoms with Gasteiger partial charge in [-0.15, -0.1) is 12.4 Å². The number of nitrogens with zero attached hydrogens (tertiary/aromatic N) is 1. The van der Waals surface area contributed by atoms with Crippen molar-refractivity contribution in [2.45, 2.75) is 32.2 Å². The van der Waals surface area contributed by atoms with Crippen LogP contribution in [0.3, 0.4) is 0 Å². The third-order valence-corrected chi connectivity index (χ3v) is 4.42. The second kappa shape index (κ2) is 9.36.